The van der Waals surface area contributed by atoms with E-state index in [1.165, 1.54) is 0 Å². The maximum absolute atomic E-state index is 11.9. The molecule has 0 aliphatic carbocycles. The lowest BCUT2D eigenvalue weighted by Crippen LogP contribution is -2.36. The molecule has 1 aromatic carbocycles. The molecule has 1 aromatic rings. The van der Waals surface area contributed by atoms with Crippen molar-refractivity contribution in [1.82, 2.24) is 5.32 Å². The zero-order chi connectivity index (χ0) is 15.5. The summed E-state index contributed by atoms with van der Waals surface area (Å²) in [6.07, 6.45) is 2.16. The SMILES string of the molecule is CN1C(=O)COc2ccc(CCNC(=O)C3CCCO3)cc21. The van der Waals surface area contributed by atoms with Gasteiger partial charge in [0, 0.05) is 20.2 Å². The topological polar surface area (TPSA) is 67.9 Å². The third-order valence-electron chi connectivity index (χ3n) is 4.04. The first-order valence-electron chi connectivity index (χ1n) is 7.57. The third kappa shape index (κ3) is 3.06. The second-order valence-corrected chi connectivity index (χ2v) is 5.59. The molecule has 2 heterocycles. The molecule has 0 radical (unpaired) electrons. The van der Waals surface area contributed by atoms with Gasteiger partial charge in [0.05, 0.1) is 5.69 Å². The predicted molar refractivity (Wildman–Crippen MR) is 81.0 cm³/mol. The van der Waals surface area contributed by atoms with Crippen LogP contribution in [0.5, 0.6) is 5.75 Å². The highest BCUT2D eigenvalue weighted by molar-refractivity contribution is 5.97. The molecule has 0 saturated carbocycles. The van der Waals surface area contributed by atoms with Gasteiger partial charge in [0.2, 0.25) is 5.91 Å². The summed E-state index contributed by atoms with van der Waals surface area (Å²) in [5.41, 5.74) is 1.83. The quantitative estimate of drug-likeness (QED) is 0.896. The van der Waals surface area contributed by atoms with Crippen molar-refractivity contribution in [3.63, 3.8) is 0 Å². The Kier molecular flexibility index (Phi) is 4.29. The number of likely N-dealkylation sites (N-methyl/N-ethyl adjacent to an activating group) is 1. The molecule has 2 amide bonds. The lowest BCUT2D eigenvalue weighted by molar-refractivity contribution is -0.130. The fraction of sp³-hybridized carbons (Fsp3) is 0.500. The Balaban J connectivity index is 1.57. The number of nitrogens with zero attached hydrogens (tertiary/aromatic N) is 1. The zero-order valence-electron chi connectivity index (χ0n) is 12.6. The molecule has 3 rings (SSSR count). The largest absolute Gasteiger partial charge is 0.482 e. The Bertz CT molecular complexity index is 582. The molecule has 1 saturated heterocycles. The molecule has 0 aromatic heterocycles. The number of hydrogen-bond acceptors (Lipinski definition) is 4. The van der Waals surface area contributed by atoms with E-state index < -0.39 is 0 Å². The number of hydrogen-bond donors (Lipinski definition) is 1. The highest BCUT2D eigenvalue weighted by atomic mass is 16.5. The number of nitrogens with one attached hydrogen (secondary N) is 1. The molecule has 6 nitrogen and oxygen atoms in total. The molecule has 22 heavy (non-hydrogen) atoms. The van der Waals surface area contributed by atoms with E-state index in [0.717, 1.165) is 24.1 Å². The Labute approximate surface area is 129 Å². The van der Waals surface area contributed by atoms with Gasteiger partial charge in [-0.25, -0.2) is 0 Å². The summed E-state index contributed by atoms with van der Waals surface area (Å²) in [7, 11) is 1.74. The second kappa shape index (κ2) is 6.36. The van der Waals surface area contributed by atoms with Crippen molar-refractivity contribution < 1.29 is 19.1 Å². The fourth-order valence-corrected chi connectivity index (χ4v) is 2.70. The molecule has 2 aliphatic heterocycles. The first-order valence-corrected chi connectivity index (χ1v) is 7.57. The minimum atomic E-state index is -0.291. The third-order valence-corrected chi connectivity index (χ3v) is 4.04. The number of anilines is 1. The highest BCUT2D eigenvalue weighted by Crippen LogP contribution is 2.31. The Morgan fingerprint density at radius 2 is 2.32 bits per heavy atom. The predicted octanol–water partition coefficient (Wildman–Crippen LogP) is 0.879. The van der Waals surface area contributed by atoms with Crippen LogP contribution in [0.3, 0.4) is 0 Å². The summed E-state index contributed by atoms with van der Waals surface area (Å²) >= 11 is 0. The monoisotopic (exact) mass is 304 g/mol. The number of fused-ring (bicyclic) bond motifs is 1. The van der Waals surface area contributed by atoms with Crippen LogP contribution in [-0.4, -0.2) is 44.7 Å². The van der Waals surface area contributed by atoms with Crippen molar-refractivity contribution in [3.8, 4) is 5.75 Å². The molecular formula is C16H20N2O4. The van der Waals surface area contributed by atoms with Crippen LogP contribution in [0, 0.1) is 0 Å². The van der Waals surface area contributed by atoms with Gasteiger partial charge >= 0.3 is 0 Å². The van der Waals surface area contributed by atoms with E-state index in [1.807, 2.05) is 18.2 Å². The minimum Gasteiger partial charge on any atom is -0.482 e. The van der Waals surface area contributed by atoms with Gasteiger partial charge in [0.25, 0.3) is 5.91 Å². The van der Waals surface area contributed by atoms with Gasteiger partial charge in [0.1, 0.15) is 11.9 Å². The Morgan fingerprint density at radius 3 is 3.09 bits per heavy atom. The van der Waals surface area contributed by atoms with Crippen LogP contribution < -0.4 is 15.0 Å². The van der Waals surface area contributed by atoms with Gasteiger partial charge in [-0.05, 0) is 37.0 Å². The van der Waals surface area contributed by atoms with Crippen LogP contribution in [0.15, 0.2) is 18.2 Å². The van der Waals surface area contributed by atoms with Crippen molar-refractivity contribution in [1.29, 1.82) is 0 Å². The Hall–Kier alpha value is -2.08. The van der Waals surface area contributed by atoms with Crippen LogP contribution in [0.2, 0.25) is 0 Å². The van der Waals surface area contributed by atoms with E-state index in [0.29, 0.717) is 25.3 Å². The van der Waals surface area contributed by atoms with E-state index in [4.69, 9.17) is 9.47 Å². The molecular weight excluding hydrogens is 284 g/mol. The number of ether oxygens (including phenoxy) is 2. The molecule has 6 heteroatoms. The number of carbonyl (C=O) groups excluding carboxylic acids is 2. The van der Waals surface area contributed by atoms with Crippen LogP contribution in [0.1, 0.15) is 18.4 Å². The molecule has 1 unspecified atom stereocenters. The molecule has 2 aliphatic rings. The number of amides is 2. The van der Waals surface area contributed by atoms with Crippen molar-refractivity contribution in [3.05, 3.63) is 23.8 Å². The van der Waals surface area contributed by atoms with Gasteiger partial charge in [0.15, 0.2) is 6.61 Å². The molecule has 1 fully saturated rings. The van der Waals surface area contributed by atoms with E-state index in [-0.39, 0.29) is 24.5 Å². The van der Waals surface area contributed by atoms with Gasteiger partial charge in [-0.2, -0.15) is 0 Å². The van der Waals surface area contributed by atoms with Gasteiger partial charge in [-0.1, -0.05) is 6.07 Å². The smallest absolute Gasteiger partial charge is 0.264 e. The molecule has 1 N–H and O–H groups in total. The van der Waals surface area contributed by atoms with Gasteiger partial charge in [-0.3, -0.25) is 9.59 Å². The first-order chi connectivity index (χ1) is 10.6. The standard InChI is InChI=1S/C16H20N2O4/c1-18-12-9-11(4-5-13(12)22-10-15(18)19)6-7-17-16(20)14-3-2-8-21-14/h4-5,9,14H,2-3,6-8,10H2,1H3,(H,17,20). The maximum atomic E-state index is 11.9. The van der Waals surface area contributed by atoms with Crippen LogP contribution in [0.25, 0.3) is 0 Å². The summed E-state index contributed by atoms with van der Waals surface area (Å²) < 4.78 is 10.7. The van der Waals surface area contributed by atoms with E-state index in [2.05, 4.69) is 5.32 Å². The van der Waals surface area contributed by atoms with Crippen molar-refractivity contribution >= 4 is 17.5 Å². The van der Waals surface area contributed by atoms with Crippen LogP contribution in [-0.2, 0) is 20.7 Å². The lowest BCUT2D eigenvalue weighted by Gasteiger charge is -2.26. The van der Waals surface area contributed by atoms with Crippen molar-refractivity contribution in [2.75, 3.05) is 31.7 Å². The summed E-state index contributed by atoms with van der Waals surface area (Å²) in [5.74, 6) is 0.622. The molecule has 0 spiro atoms. The zero-order valence-corrected chi connectivity index (χ0v) is 12.6. The number of rotatable bonds is 4. The van der Waals surface area contributed by atoms with E-state index >= 15 is 0 Å². The summed E-state index contributed by atoms with van der Waals surface area (Å²) in [6, 6.07) is 5.76. The molecule has 118 valence electrons. The second-order valence-electron chi connectivity index (χ2n) is 5.59. The summed E-state index contributed by atoms with van der Waals surface area (Å²) in [5, 5.41) is 2.90. The number of benzene rings is 1. The average molecular weight is 304 g/mol. The minimum absolute atomic E-state index is 0.0360. The first kappa shape index (κ1) is 14.8. The highest BCUT2D eigenvalue weighted by Gasteiger charge is 2.24. The van der Waals surface area contributed by atoms with Crippen LogP contribution in [0.4, 0.5) is 5.69 Å². The normalized spacial score (nSPS) is 20.5. The van der Waals surface area contributed by atoms with E-state index in [1.54, 1.807) is 11.9 Å². The van der Waals surface area contributed by atoms with Crippen molar-refractivity contribution in [2.24, 2.45) is 0 Å². The number of carbonyl (C=O) groups is 2. The molecule has 1 atom stereocenters. The fourth-order valence-electron chi connectivity index (χ4n) is 2.70. The van der Waals surface area contributed by atoms with E-state index in [9.17, 15) is 9.59 Å². The van der Waals surface area contributed by atoms with Crippen LogP contribution >= 0.6 is 0 Å². The summed E-state index contributed by atoms with van der Waals surface area (Å²) in [4.78, 5) is 25.1. The maximum Gasteiger partial charge on any atom is 0.264 e. The molecule has 0 bridgehead atoms. The van der Waals surface area contributed by atoms with Gasteiger partial charge in [-0.15, -0.1) is 0 Å². The lowest BCUT2D eigenvalue weighted by atomic mass is 10.1. The van der Waals surface area contributed by atoms with Crippen molar-refractivity contribution in [2.45, 2.75) is 25.4 Å². The summed E-state index contributed by atoms with van der Waals surface area (Å²) in [6.45, 7) is 1.31. The Morgan fingerprint density at radius 1 is 1.45 bits per heavy atom. The van der Waals surface area contributed by atoms with Gasteiger partial charge < -0.3 is 19.7 Å². The average Bonchev–Trinajstić information content (AvgIpc) is 3.06.